The summed E-state index contributed by atoms with van der Waals surface area (Å²) < 4.78 is 1.89. The normalized spacial score (nSPS) is 17.1. The molecule has 21 heavy (non-hydrogen) atoms. The summed E-state index contributed by atoms with van der Waals surface area (Å²) in [5.74, 6) is -0.976. The Hall–Kier alpha value is -1.89. The first-order chi connectivity index (χ1) is 10.1. The molecule has 1 fully saturated rings. The Morgan fingerprint density at radius 2 is 2.19 bits per heavy atom. The van der Waals surface area contributed by atoms with Crippen LogP contribution in [-0.2, 0) is 16.0 Å². The first-order valence-electron chi connectivity index (χ1n) is 7.00. The molecule has 0 aromatic carbocycles. The maximum atomic E-state index is 12.3. The second-order valence-electron chi connectivity index (χ2n) is 5.59. The number of carbonyl (C=O) groups excluding carboxylic acids is 1. The van der Waals surface area contributed by atoms with Gasteiger partial charge in [-0.15, -0.1) is 11.3 Å². The lowest BCUT2D eigenvalue weighted by Crippen LogP contribution is -2.48. The van der Waals surface area contributed by atoms with E-state index in [1.807, 2.05) is 16.0 Å². The molecule has 3 rings (SSSR count). The van der Waals surface area contributed by atoms with Crippen LogP contribution in [0.2, 0.25) is 0 Å². The Kier molecular flexibility index (Phi) is 3.67. The quantitative estimate of drug-likeness (QED) is 0.883. The molecule has 2 N–H and O–H groups in total. The zero-order chi connectivity index (χ0) is 14.9. The number of rotatable bonds is 5. The van der Waals surface area contributed by atoms with Crippen molar-refractivity contribution in [2.24, 2.45) is 0 Å². The monoisotopic (exact) mass is 307 g/mol. The molecule has 6 nitrogen and oxygen atoms in total. The van der Waals surface area contributed by atoms with Gasteiger partial charge in [0.2, 0.25) is 5.91 Å². The van der Waals surface area contributed by atoms with E-state index in [1.165, 1.54) is 11.3 Å². The molecule has 112 valence electrons. The second-order valence-corrected chi connectivity index (χ2v) is 6.43. The van der Waals surface area contributed by atoms with E-state index in [4.69, 9.17) is 5.11 Å². The van der Waals surface area contributed by atoms with Gasteiger partial charge < -0.3 is 10.4 Å². The fourth-order valence-corrected chi connectivity index (χ4v) is 3.94. The molecule has 0 unspecified atom stereocenters. The molecule has 2 aromatic rings. The maximum Gasteiger partial charge on any atom is 0.305 e. The highest BCUT2D eigenvalue weighted by Gasteiger charge is 2.37. The van der Waals surface area contributed by atoms with Gasteiger partial charge in [0.25, 0.3) is 0 Å². The van der Waals surface area contributed by atoms with Crippen LogP contribution in [0.3, 0.4) is 0 Å². The predicted octanol–water partition coefficient (Wildman–Crippen LogP) is 1.84. The van der Waals surface area contributed by atoms with Crippen LogP contribution in [0.4, 0.5) is 0 Å². The van der Waals surface area contributed by atoms with Gasteiger partial charge in [0.1, 0.15) is 0 Å². The van der Waals surface area contributed by atoms with E-state index in [2.05, 4.69) is 10.3 Å². The summed E-state index contributed by atoms with van der Waals surface area (Å²) in [4.78, 5) is 28.4. The van der Waals surface area contributed by atoms with Crippen LogP contribution in [-0.4, -0.2) is 31.9 Å². The third-order valence-electron chi connectivity index (χ3n) is 4.01. The number of aromatic nitrogens is 2. The molecule has 2 aromatic heterocycles. The number of fused-ring (bicyclic) bond motifs is 1. The Bertz CT molecular complexity index is 670. The Labute approximate surface area is 125 Å². The minimum absolute atomic E-state index is 0.00284. The number of imidazole rings is 1. The standard InChI is InChI=1S/C14H17N3O3S/c18-11(7-10-9-21-13-15-5-6-17(10)13)16-14(8-12(19)20)3-1-2-4-14/h5-6,9H,1-4,7-8H2,(H,16,18)(H,19,20). The third-order valence-corrected chi connectivity index (χ3v) is 4.92. The van der Waals surface area contributed by atoms with Crippen molar-refractivity contribution in [3.8, 4) is 0 Å². The lowest BCUT2D eigenvalue weighted by Gasteiger charge is -2.28. The number of carbonyl (C=O) groups is 2. The molecule has 0 aliphatic heterocycles. The van der Waals surface area contributed by atoms with Crippen LogP contribution in [0, 0.1) is 0 Å². The predicted molar refractivity (Wildman–Crippen MR) is 78.4 cm³/mol. The van der Waals surface area contributed by atoms with Crippen LogP contribution in [0.5, 0.6) is 0 Å². The number of carboxylic acids is 1. The first kappa shape index (κ1) is 14.1. The lowest BCUT2D eigenvalue weighted by molar-refractivity contribution is -0.139. The number of thiazole rings is 1. The van der Waals surface area contributed by atoms with Crippen molar-refractivity contribution in [1.29, 1.82) is 0 Å². The number of nitrogens with one attached hydrogen (secondary N) is 1. The summed E-state index contributed by atoms with van der Waals surface area (Å²) in [5, 5.41) is 13.9. The highest BCUT2D eigenvalue weighted by Crippen LogP contribution is 2.32. The minimum Gasteiger partial charge on any atom is -0.481 e. The van der Waals surface area contributed by atoms with Crippen molar-refractivity contribution in [3.05, 3.63) is 23.5 Å². The van der Waals surface area contributed by atoms with Gasteiger partial charge in [0, 0.05) is 23.5 Å². The van der Waals surface area contributed by atoms with Crippen LogP contribution in [0.25, 0.3) is 4.96 Å². The number of hydrogen-bond acceptors (Lipinski definition) is 4. The molecule has 7 heteroatoms. The summed E-state index contributed by atoms with van der Waals surface area (Å²) in [7, 11) is 0. The number of aliphatic carboxylic acids is 1. The summed E-state index contributed by atoms with van der Waals surface area (Å²) in [6, 6.07) is 0. The molecule has 1 amide bonds. The van der Waals surface area contributed by atoms with Crippen LogP contribution in [0.1, 0.15) is 37.8 Å². The van der Waals surface area contributed by atoms with E-state index in [9.17, 15) is 9.59 Å². The molecule has 0 radical (unpaired) electrons. The average molecular weight is 307 g/mol. The van der Waals surface area contributed by atoms with Gasteiger partial charge in [-0.25, -0.2) is 4.98 Å². The molecule has 0 bridgehead atoms. The largest absolute Gasteiger partial charge is 0.481 e. The Morgan fingerprint density at radius 3 is 2.90 bits per heavy atom. The molecule has 0 atom stereocenters. The summed E-state index contributed by atoms with van der Waals surface area (Å²) >= 11 is 1.49. The molecular formula is C14H17N3O3S. The summed E-state index contributed by atoms with van der Waals surface area (Å²) in [5.41, 5.74) is 0.320. The topological polar surface area (TPSA) is 83.7 Å². The van der Waals surface area contributed by atoms with Crippen molar-refractivity contribution in [2.45, 2.75) is 44.1 Å². The van der Waals surface area contributed by atoms with Gasteiger partial charge in [-0.2, -0.15) is 0 Å². The van der Waals surface area contributed by atoms with E-state index < -0.39 is 11.5 Å². The summed E-state index contributed by atoms with van der Waals surface area (Å²) in [6.07, 6.45) is 7.22. The van der Waals surface area contributed by atoms with Crippen molar-refractivity contribution in [1.82, 2.24) is 14.7 Å². The van der Waals surface area contributed by atoms with Gasteiger partial charge in [-0.3, -0.25) is 14.0 Å². The van der Waals surface area contributed by atoms with Crippen LogP contribution >= 0.6 is 11.3 Å². The van der Waals surface area contributed by atoms with Crippen molar-refractivity contribution in [2.75, 3.05) is 0 Å². The van der Waals surface area contributed by atoms with Gasteiger partial charge in [0.05, 0.1) is 18.4 Å². The highest BCUT2D eigenvalue weighted by molar-refractivity contribution is 7.15. The Balaban J connectivity index is 1.70. The van der Waals surface area contributed by atoms with Crippen molar-refractivity contribution < 1.29 is 14.7 Å². The zero-order valence-electron chi connectivity index (χ0n) is 11.5. The van der Waals surface area contributed by atoms with E-state index >= 15 is 0 Å². The highest BCUT2D eigenvalue weighted by atomic mass is 32.1. The van der Waals surface area contributed by atoms with Gasteiger partial charge in [-0.05, 0) is 12.8 Å². The molecular weight excluding hydrogens is 290 g/mol. The maximum absolute atomic E-state index is 12.3. The Morgan fingerprint density at radius 1 is 1.43 bits per heavy atom. The van der Waals surface area contributed by atoms with Gasteiger partial charge >= 0.3 is 5.97 Å². The molecule has 1 aliphatic rings. The molecule has 0 spiro atoms. The van der Waals surface area contributed by atoms with Gasteiger partial charge in [0.15, 0.2) is 4.96 Å². The lowest BCUT2D eigenvalue weighted by atomic mass is 9.93. The number of carboxylic acid groups (broad SMARTS) is 1. The van der Waals surface area contributed by atoms with Crippen LogP contribution in [0.15, 0.2) is 17.8 Å². The van der Waals surface area contributed by atoms with E-state index in [0.717, 1.165) is 36.3 Å². The SMILES string of the molecule is O=C(O)CC1(NC(=O)Cc2csc3nccn23)CCCC1. The number of amides is 1. The fraction of sp³-hybridized carbons (Fsp3) is 0.500. The number of nitrogens with zero attached hydrogens (tertiary/aromatic N) is 2. The third kappa shape index (κ3) is 2.92. The minimum atomic E-state index is -0.857. The average Bonchev–Trinajstić information content (AvgIpc) is 3.07. The number of hydrogen-bond donors (Lipinski definition) is 2. The zero-order valence-corrected chi connectivity index (χ0v) is 12.4. The fourth-order valence-electron chi connectivity index (χ4n) is 3.09. The van der Waals surface area contributed by atoms with Crippen molar-refractivity contribution >= 4 is 28.2 Å². The smallest absolute Gasteiger partial charge is 0.305 e. The van der Waals surface area contributed by atoms with Crippen molar-refractivity contribution in [3.63, 3.8) is 0 Å². The van der Waals surface area contributed by atoms with E-state index in [1.54, 1.807) is 6.20 Å². The molecule has 2 heterocycles. The molecule has 1 saturated carbocycles. The first-order valence-corrected chi connectivity index (χ1v) is 7.88. The van der Waals surface area contributed by atoms with Crippen LogP contribution < -0.4 is 5.32 Å². The molecule has 1 aliphatic carbocycles. The summed E-state index contributed by atoms with van der Waals surface area (Å²) in [6.45, 7) is 0. The molecule has 0 saturated heterocycles. The van der Waals surface area contributed by atoms with E-state index in [0.29, 0.717) is 0 Å². The van der Waals surface area contributed by atoms with E-state index in [-0.39, 0.29) is 18.7 Å². The van der Waals surface area contributed by atoms with Gasteiger partial charge in [-0.1, -0.05) is 12.8 Å². The second kappa shape index (κ2) is 5.48.